The first-order chi connectivity index (χ1) is 6.29. The number of Topliss-reactive ketones (excluding diaryl/α,β-unsaturated/α-hetero) is 1. The topological polar surface area (TPSA) is 17.1 Å². The van der Waals surface area contributed by atoms with Crippen molar-refractivity contribution in [3.63, 3.8) is 0 Å². The zero-order valence-corrected chi connectivity index (χ0v) is 7.86. The van der Waals surface area contributed by atoms with Gasteiger partial charge in [0.25, 0.3) is 0 Å². The number of ketones is 1. The molecular weight excluding hydrogens is 160 g/mol. The largest absolute Gasteiger partial charge is 0.298 e. The van der Waals surface area contributed by atoms with E-state index in [1.54, 1.807) is 0 Å². The highest BCUT2D eigenvalue weighted by atomic mass is 16.1. The Bertz CT molecular complexity index is 324. The van der Waals surface area contributed by atoms with Crippen LogP contribution in [0.15, 0.2) is 23.8 Å². The van der Waals surface area contributed by atoms with Gasteiger partial charge in [0.05, 0.1) is 5.92 Å². The minimum Gasteiger partial charge on any atom is -0.298 e. The van der Waals surface area contributed by atoms with Crippen molar-refractivity contribution >= 4 is 5.78 Å². The van der Waals surface area contributed by atoms with Gasteiger partial charge in [-0.3, -0.25) is 4.79 Å². The lowest BCUT2D eigenvalue weighted by Crippen LogP contribution is -2.41. The molecule has 0 aromatic rings. The van der Waals surface area contributed by atoms with Crippen LogP contribution in [0.3, 0.4) is 0 Å². The fourth-order valence-corrected chi connectivity index (χ4v) is 3.25. The van der Waals surface area contributed by atoms with Crippen molar-refractivity contribution in [2.24, 2.45) is 23.7 Å². The quantitative estimate of drug-likeness (QED) is 0.515. The van der Waals surface area contributed by atoms with Gasteiger partial charge in [-0.2, -0.15) is 0 Å². The lowest BCUT2D eigenvalue weighted by Gasteiger charge is -2.41. The summed E-state index contributed by atoms with van der Waals surface area (Å²) in [5.41, 5.74) is 1.44. The average Bonchev–Trinajstić information content (AvgIpc) is 2.61. The zero-order chi connectivity index (χ0) is 9.00. The van der Waals surface area contributed by atoms with Gasteiger partial charge in [-0.05, 0) is 24.7 Å². The van der Waals surface area contributed by atoms with E-state index in [0.717, 1.165) is 0 Å². The molecule has 1 heteroatoms. The minimum absolute atomic E-state index is 0.160. The molecule has 2 bridgehead atoms. The van der Waals surface area contributed by atoms with Crippen LogP contribution in [0.2, 0.25) is 0 Å². The van der Waals surface area contributed by atoms with Gasteiger partial charge < -0.3 is 0 Å². The standard InChI is InChI=1S/C12H14O/c1-7-8-5-6-11(12(7)13)10-4-2-3-9(8)10/h4-9,11H,2-3H2,1H3. The molecule has 0 aromatic carbocycles. The highest BCUT2D eigenvalue weighted by Crippen LogP contribution is 2.50. The molecule has 0 spiro atoms. The summed E-state index contributed by atoms with van der Waals surface area (Å²) >= 11 is 0. The highest BCUT2D eigenvalue weighted by molar-refractivity contribution is 5.90. The van der Waals surface area contributed by atoms with E-state index in [4.69, 9.17) is 0 Å². The summed E-state index contributed by atoms with van der Waals surface area (Å²) in [4.78, 5) is 11.8. The van der Waals surface area contributed by atoms with Gasteiger partial charge in [-0.15, -0.1) is 0 Å². The SMILES string of the molecule is CC1C(=O)C2C=CC1C1CCC=C21. The number of fused-ring (bicyclic) bond motifs is 1. The second-order valence-electron chi connectivity index (χ2n) is 4.52. The molecule has 4 aliphatic rings. The van der Waals surface area contributed by atoms with E-state index in [1.165, 1.54) is 18.4 Å². The van der Waals surface area contributed by atoms with Crippen LogP contribution in [-0.2, 0) is 4.79 Å². The van der Waals surface area contributed by atoms with Crippen molar-refractivity contribution in [2.45, 2.75) is 19.8 Å². The zero-order valence-electron chi connectivity index (χ0n) is 7.86. The molecular formula is C12H14O. The molecule has 4 unspecified atom stereocenters. The Morgan fingerprint density at radius 2 is 2.23 bits per heavy atom. The predicted octanol–water partition coefficient (Wildman–Crippen LogP) is 2.34. The number of carbonyl (C=O) groups excluding carboxylic acids is 1. The second kappa shape index (κ2) is 2.34. The van der Waals surface area contributed by atoms with Crippen LogP contribution in [-0.4, -0.2) is 5.78 Å². The molecule has 4 rings (SSSR count). The van der Waals surface area contributed by atoms with Crippen molar-refractivity contribution in [3.8, 4) is 0 Å². The molecule has 0 N–H and O–H groups in total. The van der Waals surface area contributed by atoms with Crippen LogP contribution in [0, 0.1) is 23.7 Å². The lowest BCUT2D eigenvalue weighted by molar-refractivity contribution is -0.128. The molecule has 13 heavy (non-hydrogen) atoms. The molecule has 0 saturated heterocycles. The fourth-order valence-electron chi connectivity index (χ4n) is 3.25. The maximum atomic E-state index is 11.8. The highest BCUT2D eigenvalue weighted by Gasteiger charge is 2.46. The van der Waals surface area contributed by atoms with Crippen molar-refractivity contribution in [3.05, 3.63) is 23.8 Å². The molecule has 4 aliphatic carbocycles. The van der Waals surface area contributed by atoms with Crippen LogP contribution >= 0.6 is 0 Å². The van der Waals surface area contributed by atoms with Gasteiger partial charge in [-0.25, -0.2) is 0 Å². The summed E-state index contributed by atoms with van der Waals surface area (Å²) in [5.74, 6) is 2.12. The van der Waals surface area contributed by atoms with Crippen LogP contribution in [0.5, 0.6) is 0 Å². The van der Waals surface area contributed by atoms with E-state index in [-0.39, 0.29) is 11.8 Å². The van der Waals surface area contributed by atoms with E-state index < -0.39 is 0 Å². The van der Waals surface area contributed by atoms with Crippen molar-refractivity contribution in [1.82, 2.24) is 0 Å². The molecule has 68 valence electrons. The summed E-state index contributed by atoms with van der Waals surface area (Å²) in [7, 11) is 0. The Morgan fingerprint density at radius 1 is 1.38 bits per heavy atom. The summed E-state index contributed by atoms with van der Waals surface area (Å²) in [5, 5.41) is 0. The van der Waals surface area contributed by atoms with Crippen molar-refractivity contribution < 1.29 is 4.79 Å². The molecule has 0 aliphatic heterocycles. The number of hydrogen-bond donors (Lipinski definition) is 0. The Balaban J connectivity index is 2.11. The van der Waals surface area contributed by atoms with E-state index >= 15 is 0 Å². The normalized spacial score (nSPS) is 46.5. The predicted molar refractivity (Wildman–Crippen MR) is 51.1 cm³/mol. The molecule has 4 atom stereocenters. The molecule has 0 aromatic heterocycles. The Kier molecular flexibility index (Phi) is 1.36. The number of rotatable bonds is 0. The van der Waals surface area contributed by atoms with E-state index in [2.05, 4.69) is 25.2 Å². The third-order valence-corrected chi connectivity index (χ3v) is 3.97. The molecule has 1 fully saturated rings. The Hall–Kier alpha value is -0.850. The maximum Gasteiger partial charge on any atom is 0.147 e. The van der Waals surface area contributed by atoms with Crippen LogP contribution < -0.4 is 0 Å². The monoisotopic (exact) mass is 174 g/mol. The summed E-state index contributed by atoms with van der Waals surface area (Å²) in [6.07, 6.45) is 9.17. The Morgan fingerprint density at radius 3 is 3.08 bits per heavy atom. The van der Waals surface area contributed by atoms with E-state index in [0.29, 0.717) is 17.6 Å². The number of hydrogen-bond acceptors (Lipinski definition) is 1. The first-order valence-electron chi connectivity index (χ1n) is 5.21. The maximum absolute atomic E-state index is 11.8. The van der Waals surface area contributed by atoms with Gasteiger partial charge in [0, 0.05) is 5.92 Å². The number of carbonyl (C=O) groups is 1. The van der Waals surface area contributed by atoms with E-state index in [9.17, 15) is 4.79 Å². The van der Waals surface area contributed by atoms with Crippen molar-refractivity contribution in [2.75, 3.05) is 0 Å². The summed E-state index contributed by atoms with van der Waals surface area (Å²) in [6.45, 7) is 2.10. The van der Waals surface area contributed by atoms with Gasteiger partial charge in [-0.1, -0.05) is 30.7 Å². The third kappa shape index (κ3) is 0.800. The first-order valence-corrected chi connectivity index (χ1v) is 5.21. The molecule has 0 amide bonds. The van der Waals surface area contributed by atoms with Crippen molar-refractivity contribution in [1.29, 1.82) is 0 Å². The molecule has 0 radical (unpaired) electrons. The molecule has 0 heterocycles. The average molecular weight is 174 g/mol. The second-order valence-corrected chi connectivity index (χ2v) is 4.52. The minimum atomic E-state index is 0.160. The summed E-state index contributed by atoms with van der Waals surface area (Å²) in [6, 6.07) is 0. The fraction of sp³-hybridized carbons (Fsp3) is 0.583. The van der Waals surface area contributed by atoms with Gasteiger partial charge in [0.2, 0.25) is 0 Å². The molecule has 1 nitrogen and oxygen atoms in total. The van der Waals surface area contributed by atoms with Gasteiger partial charge in [0.15, 0.2) is 0 Å². The van der Waals surface area contributed by atoms with E-state index in [1.807, 2.05) is 0 Å². The van der Waals surface area contributed by atoms with Crippen LogP contribution in [0.1, 0.15) is 19.8 Å². The first kappa shape index (κ1) is 7.54. The summed E-state index contributed by atoms with van der Waals surface area (Å²) < 4.78 is 0. The molecule has 1 saturated carbocycles. The van der Waals surface area contributed by atoms with Crippen LogP contribution in [0.4, 0.5) is 0 Å². The van der Waals surface area contributed by atoms with Crippen LogP contribution in [0.25, 0.3) is 0 Å². The lowest BCUT2D eigenvalue weighted by atomic mass is 9.61. The Labute approximate surface area is 78.5 Å². The van der Waals surface area contributed by atoms with Gasteiger partial charge in [0.1, 0.15) is 5.78 Å². The van der Waals surface area contributed by atoms with Gasteiger partial charge >= 0.3 is 0 Å². The number of allylic oxidation sites excluding steroid dienone is 4. The smallest absolute Gasteiger partial charge is 0.147 e. The third-order valence-electron chi connectivity index (χ3n) is 3.97.